The Labute approximate surface area is 103 Å². The molecule has 0 bridgehead atoms. The Hall–Kier alpha value is -1.85. The first-order valence-corrected chi connectivity index (χ1v) is 5.59. The van der Waals surface area contributed by atoms with Crippen molar-refractivity contribution in [1.29, 1.82) is 0 Å². The second-order valence-electron chi connectivity index (χ2n) is 3.89. The third-order valence-electron chi connectivity index (χ3n) is 2.56. The van der Waals surface area contributed by atoms with Crippen LogP contribution in [-0.4, -0.2) is 25.7 Å². The first-order chi connectivity index (χ1) is 8.65. The minimum absolute atomic E-state index is 0.0136. The fraction of sp³-hybridized carbons (Fsp3) is 0.417. The molecule has 1 fully saturated rings. The standard InChI is InChI=1S/C12H13F2NO3/c13-11(14)5-6-17-9-3-1-8(2-4-9)10-7-18-12(16)15-10/h1-4,10-11H,5-7H2,(H,15,16). The largest absolute Gasteiger partial charge is 0.493 e. The van der Waals surface area contributed by atoms with Crippen molar-refractivity contribution >= 4 is 6.09 Å². The normalized spacial score (nSPS) is 18.6. The lowest BCUT2D eigenvalue weighted by molar-refractivity contribution is 0.114. The van der Waals surface area contributed by atoms with Crippen LogP contribution in [0.4, 0.5) is 13.6 Å². The summed E-state index contributed by atoms with van der Waals surface area (Å²) in [5.74, 6) is 0.532. The van der Waals surface area contributed by atoms with E-state index in [0.717, 1.165) is 5.56 Å². The highest BCUT2D eigenvalue weighted by molar-refractivity contribution is 5.70. The van der Waals surface area contributed by atoms with Gasteiger partial charge in [0.15, 0.2) is 0 Å². The van der Waals surface area contributed by atoms with Crippen LogP contribution in [0.3, 0.4) is 0 Å². The first-order valence-electron chi connectivity index (χ1n) is 5.59. The Bertz CT molecular complexity index is 408. The molecule has 2 rings (SSSR count). The van der Waals surface area contributed by atoms with Crippen LogP contribution in [0, 0.1) is 0 Å². The van der Waals surface area contributed by atoms with Crippen LogP contribution in [-0.2, 0) is 4.74 Å². The predicted molar refractivity (Wildman–Crippen MR) is 59.8 cm³/mol. The first kappa shape index (κ1) is 12.6. The molecule has 1 atom stereocenters. The summed E-state index contributed by atoms with van der Waals surface area (Å²) in [4.78, 5) is 10.9. The summed E-state index contributed by atoms with van der Waals surface area (Å²) in [5.41, 5.74) is 0.891. The van der Waals surface area contributed by atoms with E-state index in [9.17, 15) is 13.6 Å². The van der Waals surface area contributed by atoms with Gasteiger partial charge in [0.1, 0.15) is 12.4 Å². The van der Waals surface area contributed by atoms with Crippen LogP contribution in [0.25, 0.3) is 0 Å². The van der Waals surface area contributed by atoms with Crippen molar-refractivity contribution in [2.24, 2.45) is 0 Å². The number of benzene rings is 1. The number of hydrogen-bond donors (Lipinski definition) is 1. The molecule has 1 aromatic carbocycles. The SMILES string of the molecule is O=C1NC(c2ccc(OCCC(F)F)cc2)CO1. The summed E-state index contributed by atoms with van der Waals surface area (Å²) in [6.45, 7) is 0.282. The van der Waals surface area contributed by atoms with Gasteiger partial charge in [0.25, 0.3) is 0 Å². The number of nitrogens with one attached hydrogen (secondary N) is 1. The molecule has 1 aromatic rings. The molecular formula is C12H13F2NO3. The van der Waals surface area contributed by atoms with Crippen molar-refractivity contribution in [3.63, 3.8) is 0 Å². The number of rotatable bonds is 5. The maximum absolute atomic E-state index is 11.9. The third kappa shape index (κ3) is 3.32. The summed E-state index contributed by atoms with van der Waals surface area (Å²) < 4.78 is 33.8. The molecule has 1 N–H and O–H groups in total. The Morgan fingerprint density at radius 3 is 2.67 bits per heavy atom. The molecule has 6 heteroatoms. The highest BCUT2D eigenvalue weighted by atomic mass is 19.3. The molecule has 0 aromatic heterocycles. The molecule has 0 aliphatic carbocycles. The Kier molecular flexibility index (Phi) is 3.96. The molecule has 1 aliphatic rings. The number of carbonyl (C=O) groups excluding carboxylic acids is 1. The second-order valence-corrected chi connectivity index (χ2v) is 3.89. The lowest BCUT2D eigenvalue weighted by atomic mass is 10.1. The Balaban J connectivity index is 1.87. The van der Waals surface area contributed by atoms with E-state index in [2.05, 4.69) is 5.32 Å². The highest BCUT2D eigenvalue weighted by Gasteiger charge is 2.23. The van der Waals surface area contributed by atoms with Gasteiger partial charge < -0.3 is 14.8 Å². The Morgan fingerprint density at radius 1 is 1.39 bits per heavy atom. The number of amides is 1. The van der Waals surface area contributed by atoms with Crippen LogP contribution >= 0.6 is 0 Å². The molecule has 1 unspecified atom stereocenters. The monoisotopic (exact) mass is 257 g/mol. The van der Waals surface area contributed by atoms with Gasteiger partial charge in [0, 0.05) is 6.42 Å². The van der Waals surface area contributed by atoms with Gasteiger partial charge >= 0.3 is 6.09 Å². The summed E-state index contributed by atoms with van der Waals surface area (Å²) >= 11 is 0. The minimum Gasteiger partial charge on any atom is -0.493 e. The van der Waals surface area contributed by atoms with Gasteiger partial charge in [0.05, 0.1) is 12.6 Å². The maximum atomic E-state index is 11.9. The molecule has 1 amide bonds. The predicted octanol–water partition coefficient (Wildman–Crippen LogP) is 2.50. The maximum Gasteiger partial charge on any atom is 0.407 e. The summed E-state index contributed by atoms with van der Waals surface area (Å²) in [6.07, 6.45) is -3.07. The molecule has 98 valence electrons. The zero-order valence-corrected chi connectivity index (χ0v) is 9.57. The average Bonchev–Trinajstić information content (AvgIpc) is 2.76. The molecule has 18 heavy (non-hydrogen) atoms. The van der Waals surface area contributed by atoms with Crippen molar-refractivity contribution in [2.75, 3.05) is 13.2 Å². The number of carbonyl (C=O) groups is 1. The van der Waals surface area contributed by atoms with E-state index in [1.54, 1.807) is 24.3 Å². The van der Waals surface area contributed by atoms with E-state index in [1.807, 2.05) is 0 Å². The van der Waals surface area contributed by atoms with Gasteiger partial charge in [-0.15, -0.1) is 0 Å². The van der Waals surface area contributed by atoms with Crippen LogP contribution in [0.5, 0.6) is 5.75 Å². The van der Waals surface area contributed by atoms with Crippen LogP contribution in [0.1, 0.15) is 18.0 Å². The Morgan fingerprint density at radius 2 is 2.11 bits per heavy atom. The lowest BCUT2D eigenvalue weighted by Gasteiger charge is -2.09. The molecule has 1 aliphatic heterocycles. The number of halogens is 2. The zero-order valence-electron chi connectivity index (χ0n) is 9.57. The van der Waals surface area contributed by atoms with Crippen LogP contribution < -0.4 is 10.1 Å². The van der Waals surface area contributed by atoms with Gasteiger partial charge in [-0.2, -0.15) is 0 Å². The summed E-state index contributed by atoms with van der Waals surface area (Å²) in [5, 5.41) is 2.65. The number of ether oxygens (including phenoxy) is 2. The fourth-order valence-corrected chi connectivity index (χ4v) is 1.63. The van der Waals surface area contributed by atoms with Crippen molar-refractivity contribution in [3.05, 3.63) is 29.8 Å². The zero-order chi connectivity index (χ0) is 13.0. The van der Waals surface area contributed by atoms with Crippen molar-refractivity contribution in [3.8, 4) is 5.75 Å². The van der Waals surface area contributed by atoms with E-state index >= 15 is 0 Å². The number of alkyl carbamates (subject to hydrolysis) is 1. The molecular weight excluding hydrogens is 244 g/mol. The van der Waals surface area contributed by atoms with E-state index in [0.29, 0.717) is 12.4 Å². The van der Waals surface area contributed by atoms with Gasteiger partial charge in [-0.3, -0.25) is 0 Å². The van der Waals surface area contributed by atoms with Crippen molar-refractivity contribution < 1.29 is 23.0 Å². The summed E-state index contributed by atoms with van der Waals surface area (Å²) in [6, 6.07) is 6.76. The number of alkyl halides is 2. The number of cyclic esters (lactones) is 1. The van der Waals surface area contributed by atoms with E-state index in [1.165, 1.54) is 0 Å². The van der Waals surface area contributed by atoms with E-state index in [-0.39, 0.29) is 19.1 Å². The smallest absolute Gasteiger partial charge is 0.407 e. The average molecular weight is 257 g/mol. The summed E-state index contributed by atoms with van der Waals surface area (Å²) in [7, 11) is 0. The quantitative estimate of drug-likeness (QED) is 0.881. The molecule has 4 nitrogen and oxygen atoms in total. The van der Waals surface area contributed by atoms with Crippen LogP contribution in [0.2, 0.25) is 0 Å². The number of hydrogen-bond acceptors (Lipinski definition) is 3. The lowest BCUT2D eigenvalue weighted by Crippen LogP contribution is -2.18. The van der Waals surface area contributed by atoms with Crippen LogP contribution in [0.15, 0.2) is 24.3 Å². The molecule has 1 heterocycles. The fourth-order valence-electron chi connectivity index (χ4n) is 1.63. The van der Waals surface area contributed by atoms with E-state index < -0.39 is 12.5 Å². The van der Waals surface area contributed by atoms with Gasteiger partial charge in [0.2, 0.25) is 6.43 Å². The van der Waals surface area contributed by atoms with Crippen molar-refractivity contribution in [2.45, 2.75) is 18.9 Å². The molecule has 0 radical (unpaired) electrons. The van der Waals surface area contributed by atoms with Gasteiger partial charge in [-0.25, -0.2) is 13.6 Å². The molecule has 0 saturated carbocycles. The topological polar surface area (TPSA) is 47.6 Å². The van der Waals surface area contributed by atoms with E-state index in [4.69, 9.17) is 9.47 Å². The van der Waals surface area contributed by atoms with Gasteiger partial charge in [-0.05, 0) is 17.7 Å². The molecule has 0 spiro atoms. The second kappa shape index (κ2) is 5.66. The highest BCUT2D eigenvalue weighted by Crippen LogP contribution is 2.21. The molecule has 1 saturated heterocycles. The van der Waals surface area contributed by atoms with Crippen molar-refractivity contribution in [1.82, 2.24) is 5.32 Å². The third-order valence-corrected chi connectivity index (χ3v) is 2.56. The minimum atomic E-state index is -2.35. The van der Waals surface area contributed by atoms with Gasteiger partial charge in [-0.1, -0.05) is 12.1 Å².